The molecule has 72 valence electrons. The lowest BCUT2D eigenvalue weighted by atomic mass is 10.2. The molecule has 0 radical (unpaired) electrons. The van der Waals surface area contributed by atoms with E-state index in [1.54, 1.807) is 0 Å². The van der Waals surface area contributed by atoms with E-state index in [1.807, 2.05) is 6.92 Å². The number of quaternary nitrogens is 1. The quantitative estimate of drug-likeness (QED) is 0.485. The van der Waals surface area contributed by atoms with Crippen LogP contribution in [0.1, 0.15) is 13.8 Å². The summed E-state index contributed by atoms with van der Waals surface area (Å²) in [7, 11) is 6.62. The summed E-state index contributed by atoms with van der Waals surface area (Å²) in [6.45, 7) is 10.2. The number of hydrogen-bond acceptors (Lipinski definition) is 1. The molecule has 0 aliphatic heterocycles. The smallest absolute Gasteiger partial charge is 0.0933 e. The normalized spacial score (nSPS) is 14.4. The molecule has 0 spiro atoms. The summed E-state index contributed by atoms with van der Waals surface area (Å²) < 4.78 is 1.00. The van der Waals surface area contributed by atoms with Crippen molar-refractivity contribution in [2.45, 2.75) is 19.9 Å². The van der Waals surface area contributed by atoms with Crippen molar-refractivity contribution in [1.29, 1.82) is 0 Å². The van der Waals surface area contributed by atoms with Crippen LogP contribution in [0.3, 0.4) is 0 Å². The van der Waals surface area contributed by atoms with Crippen molar-refractivity contribution in [2.24, 2.45) is 0 Å². The number of nitrogens with one attached hydrogen (secondary N) is 1. The molecular formula is C10H23N2+. The van der Waals surface area contributed by atoms with E-state index in [0.717, 1.165) is 17.6 Å². The maximum absolute atomic E-state index is 3.86. The maximum Gasteiger partial charge on any atom is 0.0933 e. The molecule has 0 rings (SSSR count). The van der Waals surface area contributed by atoms with Crippen LogP contribution >= 0.6 is 0 Å². The summed E-state index contributed by atoms with van der Waals surface area (Å²) in [5.74, 6) is 0. The van der Waals surface area contributed by atoms with Gasteiger partial charge in [-0.15, -0.1) is 0 Å². The molecule has 12 heavy (non-hydrogen) atoms. The van der Waals surface area contributed by atoms with E-state index >= 15 is 0 Å². The molecule has 0 aromatic carbocycles. The second kappa shape index (κ2) is 4.63. The zero-order valence-electron chi connectivity index (χ0n) is 9.15. The van der Waals surface area contributed by atoms with Gasteiger partial charge in [0.05, 0.1) is 33.7 Å². The van der Waals surface area contributed by atoms with Gasteiger partial charge in [0.2, 0.25) is 0 Å². The lowest BCUT2D eigenvalue weighted by Gasteiger charge is -2.28. The van der Waals surface area contributed by atoms with E-state index in [-0.39, 0.29) is 0 Å². The van der Waals surface area contributed by atoms with Crippen molar-refractivity contribution in [3.8, 4) is 0 Å². The van der Waals surface area contributed by atoms with Crippen LogP contribution in [0.5, 0.6) is 0 Å². The summed E-state index contributed by atoms with van der Waals surface area (Å²) in [5, 5.41) is 3.42. The summed E-state index contributed by atoms with van der Waals surface area (Å²) in [6.07, 6.45) is 0. The minimum Gasteiger partial charge on any atom is -0.330 e. The van der Waals surface area contributed by atoms with Gasteiger partial charge in [0.1, 0.15) is 0 Å². The van der Waals surface area contributed by atoms with Gasteiger partial charge in [0.15, 0.2) is 0 Å². The van der Waals surface area contributed by atoms with Crippen molar-refractivity contribution in [2.75, 3.05) is 34.2 Å². The van der Waals surface area contributed by atoms with Crippen molar-refractivity contribution in [1.82, 2.24) is 5.32 Å². The third-order valence-corrected chi connectivity index (χ3v) is 1.57. The predicted octanol–water partition coefficient (Wildman–Crippen LogP) is 1.25. The highest BCUT2D eigenvalue weighted by molar-refractivity contribution is 4.91. The van der Waals surface area contributed by atoms with Crippen LogP contribution < -0.4 is 5.32 Å². The fourth-order valence-electron chi connectivity index (χ4n) is 1.23. The lowest BCUT2D eigenvalue weighted by Crippen LogP contribution is -2.46. The van der Waals surface area contributed by atoms with Crippen molar-refractivity contribution in [3.05, 3.63) is 12.2 Å². The monoisotopic (exact) mass is 171 g/mol. The van der Waals surface area contributed by atoms with Crippen LogP contribution in [0, 0.1) is 0 Å². The van der Waals surface area contributed by atoms with Crippen molar-refractivity contribution in [3.63, 3.8) is 0 Å². The van der Waals surface area contributed by atoms with E-state index in [0.29, 0.717) is 6.04 Å². The Hall–Kier alpha value is -0.340. The van der Waals surface area contributed by atoms with Gasteiger partial charge in [0.25, 0.3) is 0 Å². The van der Waals surface area contributed by atoms with E-state index in [1.165, 1.54) is 5.57 Å². The van der Waals surface area contributed by atoms with Crippen LogP contribution in [0.4, 0.5) is 0 Å². The zero-order valence-corrected chi connectivity index (χ0v) is 9.15. The molecular weight excluding hydrogens is 148 g/mol. The van der Waals surface area contributed by atoms with Crippen LogP contribution in [-0.4, -0.2) is 44.8 Å². The fraction of sp³-hybridized carbons (Fsp3) is 0.800. The van der Waals surface area contributed by atoms with Gasteiger partial charge >= 0.3 is 0 Å². The van der Waals surface area contributed by atoms with Gasteiger partial charge in [0, 0.05) is 6.54 Å². The summed E-state index contributed by atoms with van der Waals surface area (Å²) in [5.41, 5.74) is 1.20. The largest absolute Gasteiger partial charge is 0.330 e. The molecule has 0 bridgehead atoms. The highest BCUT2D eigenvalue weighted by Crippen LogP contribution is 1.94. The Morgan fingerprint density at radius 2 is 1.92 bits per heavy atom. The first-order valence-corrected chi connectivity index (χ1v) is 4.49. The first kappa shape index (κ1) is 11.7. The molecule has 0 fully saturated rings. The Morgan fingerprint density at radius 3 is 2.25 bits per heavy atom. The Bertz CT molecular complexity index is 144. The summed E-state index contributed by atoms with van der Waals surface area (Å²) >= 11 is 0. The molecule has 1 atom stereocenters. The molecule has 0 saturated carbocycles. The average molecular weight is 171 g/mol. The minimum absolute atomic E-state index is 0.557. The molecule has 0 amide bonds. The third kappa shape index (κ3) is 7.76. The molecule has 0 aliphatic carbocycles. The number of hydrogen-bond donors (Lipinski definition) is 1. The van der Waals surface area contributed by atoms with Crippen molar-refractivity contribution >= 4 is 0 Å². The summed E-state index contributed by atoms with van der Waals surface area (Å²) in [4.78, 5) is 0. The Morgan fingerprint density at radius 1 is 1.42 bits per heavy atom. The van der Waals surface area contributed by atoms with Crippen LogP contribution in [0.2, 0.25) is 0 Å². The number of likely N-dealkylation sites (N-methyl/N-ethyl adjacent to an activating group) is 1. The molecule has 0 aromatic heterocycles. The minimum atomic E-state index is 0.557. The third-order valence-electron chi connectivity index (χ3n) is 1.57. The number of nitrogens with zero attached hydrogens (tertiary/aromatic N) is 1. The van der Waals surface area contributed by atoms with E-state index in [9.17, 15) is 0 Å². The van der Waals surface area contributed by atoms with E-state index in [2.05, 4.69) is 40.0 Å². The standard InChI is InChI=1S/C10H23N2/c1-9(2)7-11-10(3)8-12(4,5)6/h10-11H,1,7-8H2,2-6H3/q+1. The van der Waals surface area contributed by atoms with Crippen molar-refractivity contribution < 1.29 is 4.48 Å². The number of rotatable bonds is 5. The predicted molar refractivity (Wildman–Crippen MR) is 55.2 cm³/mol. The van der Waals surface area contributed by atoms with Gasteiger partial charge < -0.3 is 9.80 Å². The topological polar surface area (TPSA) is 12.0 Å². The fourth-order valence-corrected chi connectivity index (χ4v) is 1.23. The molecule has 1 unspecified atom stereocenters. The molecule has 0 aromatic rings. The van der Waals surface area contributed by atoms with Gasteiger partial charge in [-0.3, -0.25) is 0 Å². The SMILES string of the molecule is C=C(C)CNC(C)C[N+](C)(C)C. The molecule has 0 aliphatic rings. The van der Waals surface area contributed by atoms with Crippen LogP contribution in [0.25, 0.3) is 0 Å². The molecule has 2 nitrogen and oxygen atoms in total. The molecule has 1 N–H and O–H groups in total. The Labute approximate surface area is 76.9 Å². The summed E-state index contributed by atoms with van der Waals surface area (Å²) in [6, 6.07) is 0.557. The van der Waals surface area contributed by atoms with Gasteiger partial charge in [-0.1, -0.05) is 12.2 Å². The highest BCUT2D eigenvalue weighted by Gasteiger charge is 2.12. The first-order chi connectivity index (χ1) is 5.31. The maximum atomic E-state index is 3.86. The van der Waals surface area contributed by atoms with Gasteiger partial charge in [-0.2, -0.15) is 0 Å². The van der Waals surface area contributed by atoms with Gasteiger partial charge in [-0.05, 0) is 13.8 Å². The molecule has 0 saturated heterocycles. The van der Waals surface area contributed by atoms with Crippen LogP contribution in [0.15, 0.2) is 12.2 Å². The molecule has 0 heterocycles. The van der Waals surface area contributed by atoms with E-state index in [4.69, 9.17) is 0 Å². The van der Waals surface area contributed by atoms with Gasteiger partial charge in [-0.25, -0.2) is 0 Å². The first-order valence-electron chi connectivity index (χ1n) is 4.49. The second-order valence-electron chi connectivity index (χ2n) is 4.71. The lowest BCUT2D eigenvalue weighted by molar-refractivity contribution is -0.871. The Balaban J connectivity index is 3.60. The second-order valence-corrected chi connectivity index (χ2v) is 4.71. The van der Waals surface area contributed by atoms with E-state index < -0.39 is 0 Å². The average Bonchev–Trinajstić information content (AvgIpc) is 1.79. The zero-order chi connectivity index (χ0) is 9.78. The Kier molecular flexibility index (Phi) is 4.50. The highest BCUT2D eigenvalue weighted by atomic mass is 15.3. The molecule has 2 heteroatoms. The van der Waals surface area contributed by atoms with Crippen LogP contribution in [-0.2, 0) is 0 Å².